The van der Waals surface area contributed by atoms with Gasteiger partial charge in [-0.25, -0.2) is 0 Å². The van der Waals surface area contributed by atoms with E-state index in [1.54, 1.807) is 4.90 Å². The summed E-state index contributed by atoms with van der Waals surface area (Å²) in [4.78, 5) is 27.9. The van der Waals surface area contributed by atoms with Crippen molar-refractivity contribution in [3.63, 3.8) is 0 Å². The lowest BCUT2D eigenvalue weighted by atomic mass is 10.00. The topological polar surface area (TPSA) is 81.1 Å². The molecule has 0 radical (unpaired) electrons. The lowest BCUT2D eigenvalue weighted by Gasteiger charge is -2.39. The number of piperidine rings is 1. The fraction of sp³-hybridized carbons (Fsp3) is 0.417. The zero-order valence-corrected chi connectivity index (χ0v) is 17.2. The van der Waals surface area contributed by atoms with Gasteiger partial charge in [-0.05, 0) is 43.4 Å². The maximum Gasteiger partial charge on any atom is 0.303 e. The van der Waals surface area contributed by atoms with Crippen molar-refractivity contribution in [1.29, 1.82) is 0 Å². The largest absolute Gasteiger partial charge is 0.481 e. The molecule has 1 unspecified atom stereocenters. The van der Waals surface area contributed by atoms with E-state index >= 15 is 0 Å². The van der Waals surface area contributed by atoms with E-state index in [1.807, 2.05) is 36.4 Å². The average molecular weight is 411 g/mol. The number of carbonyl (C=O) groups excluding carboxylic acids is 1. The number of carboxylic acid groups (broad SMARTS) is 1. The molecule has 0 aliphatic carbocycles. The maximum atomic E-state index is 13.0. The molecule has 2 N–H and O–H groups in total. The molecule has 6 nitrogen and oxygen atoms in total. The molecule has 6 heteroatoms. The Bertz CT molecular complexity index is 804. The molecule has 1 saturated heterocycles. The third-order valence-electron chi connectivity index (χ3n) is 5.67. The fourth-order valence-electron chi connectivity index (χ4n) is 3.98. The molecule has 3 rings (SSSR count). The van der Waals surface area contributed by atoms with Crippen LogP contribution in [0.3, 0.4) is 0 Å². The van der Waals surface area contributed by atoms with Gasteiger partial charge in [-0.2, -0.15) is 0 Å². The zero-order valence-electron chi connectivity index (χ0n) is 17.2. The van der Waals surface area contributed by atoms with Gasteiger partial charge < -0.3 is 20.0 Å². The monoisotopic (exact) mass is 410 g/mol. The highest BCUT2D eigenvalue weighted by Crippen LogP contribution is 2.25. The second-order valence-corrected chi connectivity index (χ2v) is 7.80. The minimum atomic E-state index is -1.31. The Morgan fingerprint density at radius 1 is 1.00 bits per heavy atom. The number of likely N-dealkylation sites (tertiary alicyclic amines) is 1. The van der Waals surface area contributed by atoms with E-state index < -0.39 is 18.0 Å². The van der Waals surface area contributed by atoms with Gasteiger partial charge in [0, 0.05) is 37.8 Å². The van der Waals surface area contributed by atoms with Gasteiger partial charge >= 0.3 is 5.97 Å². The van der Waals surface area contributed by atoms with Gasteiger partial charge in [0.15, 0.2) is 0 Å². The van der Waals surface area contributed by atoms with Crippen LogP contribution in [0.4, 0.5) is 5.69 Å². The first-order valence-electron chi connectivity index (χ1n) is 10.6. The Morgan fingerprint density at radius 2 is 1.60 bits per heavy atom. The van der Waals surface area contributed by atoms with Gasteiger partial charge in [-0.1, -0.05) is 48.5 Å². The first-order chi connectivity index (χ1) is 14.5. The summed E-state index contributed by atoms with van der Waals surface area (Å²) in [5, 5.41) is 19.2. The summed E-state index contributed by atoms with van der Waals surface area (Å²) < 4.78 is 0. The summed E-state index contributed by atoms with van der Waals surface area (Å²) in [6.45, 7) is 2.76. The highest BCUT2D eigenvalue weighted by molar-refractivity contribution is 5.97. The van der Waals surface area contributed by atoms with Crippen LogP contribution in [0.1, 0.15) is 31.2 Å². The molecule has 1 heterocycles. The van der Waals surface area contributed by atoms with Gasteiger partial charge in [0.05, 0.1) is 0 Å². The van der Waals surface area contributed by atoms with E-state index in [9.17, 15) is 14.7 Å². The van der Waals surface area contributed by atoms with Crippen molar-refractivity contribution in [2.75, 3.05) is 24.5 Å². The van der Waals surface area contributed by atoms with Crippen molar-refractivity contribution in [2.24, 2.45) is 0 Å². The number of aliphatic hydroxyl groups is 1. The molecule has 2 aromatic rings. The van der Waals surface area contributed by atoms with Crippen LogP contribution < -0.4 is 4.90 Å². The number of hydrogen-bond donors (Lipinski definition) is 2. The SMILES string of the molecule is O=C(O)CCC(O)C(=O)N(c1ccccc1)C1CCN(CCc2ccccc2)CC1. The predicted octanol–water partition coefficient (Wildman–Crippen LogP) is 2.95. The van der Waals surface area contributed by atoms with Gasteiger partial charge in [0.1, 0.15) is 6.10 Å². The zero-order chi connectivity index (χ0) is 21.3. The van der Waals surface area contributed by atoms with Crippen LogP contribution in [0.5, 0.6) is 0 Å². The van der Waals surface area contributed by atoms with Crippen LogP contribution >= 0.6 is 0 Å². The minimum Gasteiger partial charge on any atom is -0.481 e. The number of rotatable bonds is 9. The molecule has 30 heavy (non-hydrogen) atoms. The summed E-state index contributed by atoms with van der Waals surface area (Å²) >= 11 is 0. The normalized spacial score (nSPS) is 16.2. The first-order valence-corrected chi connectivity index (χ1v) is 10.6. The van der Waals surface area contributed by atoms with Crippen molar-refractivity contribution in [3.05, 3.63) is 66.2 Å². The Balaban J connectivity index is 1.62. The second kappa shape index (κ2) is 10.9. The van der Waals surface area contributed by atoms with E-state index in [1.165, 1.54) is 5.56 Å². The van der Waals surface area contributed by atoms with E-state index in [0.717, 1.165) is 44.6 Å². The van der Waals surface area contributed by atoms with Crippen molar-refractivity contribution >= 4 is 17.6 Å². The molecule has 0 spiro atoms. The highest BCUT2D eigenvalue weighted by Gasteiger charge is 2.32. The quantitative estimate of drug-likeness (QED) is 0.664. The number of anilines is 1. The molecule has 1 atom stereocenters. The number of aliphatic hydroxyl groups excluding tert-OH is 1. The van der Waals surface area contributed by atoms with E-state index in [2.05, 4.69) is 29.2 Å². The van der Waals surface area contributed by atoms with Crippen LogP contribution in [-0.2, 0) is 16.0 Å². The first kappa shape index (κ1) is 22.0. The van der Waals surface area contributed by atoms with Crippen LogP contribution in [0.15, 0.2) is 60.7 Å². The maximum absolute atomic E-state index is 13.0. The number of benzene rings is 2. The third kappa shape index (κ3) is 6.15. The van der Waals surface area contributed by atoms with Gasteiger partial charge in [-0.15, -0.1) is 0 Å². The number of aliphatic carboxylic acids is 1. The molecular weight excluding hydrogens is 380 g/mol. The molecule has 0 aromatic heterocycles. The summed E-state index contributed by atoms with van der Waals surface area (Å²) in [7, 11) is 0. The summed E-state index contributed by atoms with van der Waals surface area (Å²) in [6.07, 6.45) is 1.03. The lowest BCUT2D eigenvalue weighted by molar-refractivity contribution is -0.138. The Hall–Kier alpha value is -2.70. The van der Waals surface area contributed by atoms with Crippen LogP contribution in [0.25, 0.3) is 0 Å². The standard InChI is InChI=1S/C24H30N2O4/c27-22(11-12-23(28)29)24(30)26(20-9-5-2-6-10-20)21-14-17-25(18-15-21)16-13-19-7-3-1-4-8-19/h1-10,21-22,27H,11-18H2,(H,28,29). The lowest BCUT2D eigenvalue weighted by Crippen LogP contribution is -2.51. The number of amides is 1. The Labute approximate surface area is 177 Å². The smallest absolute Gasteiger partial charge is 0.303 e. The van der Waals surface area contributed by atoms with Crippen LogP contribution in [0, 0.1) is 0 Å². The van der Waals surface area contributed by atoms with E-state index in [-0.39, 0.29) is 18.9 Å². The van der Waals surface area contributed by atoms with Crippen molar-refractivity contribution in [3.8, 4) is 0 Å². The van der Waals surface area contributed by atoms with Gasteiger partial charge in [0.25, 0.3) is 5.91 Å². The molecule has 1 amide bonds. The molecule has 0 bridgehead atoms. The predicted molar refractivity (Wildman–Crippen MR) is 116 cm³/mol. The number of nitrogens with zero attached hydrogens (tertiary/aromatic N) is 2. The summed E-state index contributed by atoms with van der Waals surface area (Å²) in [5.41, 5.74) is 2.07. The minimum absolute atomic E-state index is 0.00708. The molecule has 160 valence electrons. The Morgan fingerprint density at radius 3 is 2.20 bits per heavy atom. The third-order valence-corrected chi connectivity index (χ3v) is 5.67. The molecule has 1 fully saturated rings. The molecule has 1 aliphatic rings. The van der Waals surface area contributed by atoms with Crippen LogP contribution in [-0.4, -0.2) is 58.8 Å². The summed E-state index contributed by atoms with van der Waals surface area (Å²) in [5.74, 6) is -1.43. The number of carbonyl (C=O) groups is 2. The highest BCUT2D eigenvalue weighted by atomic mass is 16.4. The van der Waals surface area contributed by atoms with Gasteiger partial charge in [-0.3, -0.25) is 9.59 Å². The number of para-hydroxylation sites is 1. The molecule has 2 aromatic carbocycles. The Kier molecular flexibility index (Phi) is 7.99. The van der Waals surface area contributed by atoms with Crippen molar-refractivity contribution in [1.82, 2.24) is 4.90 Å². The van der Waals surface area contributed by atoms with Crippen molar-refractivity contribution < 1.29 is 19.8 Å². The number of carboxylic acids is 1. The second-order valence-electron chi connectivity index (χ2n) is 7.80. The van der Waals surface area contributed by atoms with E-state index in [0.29, 0.717) is 0 Å². The summed E-state index contributed by atoms with van der Waals surface area (Å²) in [6, 6.07) is 19.8. The fourth-order valence-corrected chi connectivity index (χ4v) is 3.98. The van der Waals surface area contributed by atoms with E-state index in [4.69, 9.17) is 5.11 Å². The van der Waals surface area contributed by atoms with Crippen LogP contribution in [0.2, 0.25) is 0 Å². The molecule has 1 aliphatic heterocycles. The molecule has 0 saturated carbocycles. The van der Waals surface area contributed by atoms with Gasteiger partial charge in [0.2, 0.25) is 0 Å². The molecular formula is C24H30N2O4. The average Bonchev–Trinajstić information content (AvgIpc) is 2.78. The van der Waals surface area contributed by atoms with Crippen molar-refractivity contribution in [2.45, 2.75) is 44.2 Å². The number of hydrogen-bond acceptors (Lipinski definition) is 4.